The average molecular weight is 272 g/mol. The Morgan fingerprint density at radius 2 is 1.10 bits per heavy atom. The summed E-state index contributed by atoms with van der Waals surface area (Å²) >= 11 is 0. The van der Waals surface area contributed by atoms with Crippen molar-refractivity contribution >= 4 is 0 Å². The van der Waals surface area contributed by atoms with Crippen LogP contribution in [0.25, 0.3) is 0 Å². The zero-order valence-electron chi connectivity index (χ0n) is 12.7. The quantitative estimate of drug-likeness (QED) is 0.825. The van der Waals surface area contributed by atoms with Gasteiger partial charge < -0.3 is 0 Å². The molecule has 2 aliphatic rings. The molecule has 0 atom stereocenters. The normalized spacial score (nSPS) is 22.0. The molecule has 20 heavy (non-hydrogen) atoms. The van der Waals surface area contributed by atoms with Gasteiger partial charge in [-0.15, -0.1) is 0 Å². The van der Waals surface area contributed by atoms with Gasteiger partial charge in [-0.1, -0.05) is 37.1 Å². The molecule has 0 bridgehead atoms. The standard InChI is InChI=1S/C18H28N2/c1-3-10-19(11-4-1)15-17-8-7-9-18(14-17)16-20-12-5-2-6-13-20/h7-9,14H,1-6,10-13,15-16H2. The van der Waals surface area contributed by atoms with Crippen LogP contribution in [0.2, 0.25) is 0 Å². The van der Waals surface area contributed by atoms with Gasteiger partial charge in [-0.3, -0.25) is 9.80 Å². The minimum absolute atomic E-state index is 1.15. The van der Waals surface area contributed by atoms with Crippen molar-refractivity contribution in [2.24, 2.45) is 0 Å². The van der Waals surface area contributed by atoms with Crippen LogP contribution in [0, 0.1) is 0 Å². The van der Waals surface area contributed by atoms with E-state index in [0.717, 1.165) is 13.1 Å². The van der Waals surface area contributed by atoms with Crippen molar-refractivity contribution in [2.45, 2.75) is 51.6 Å². The van der Waals surface area contributed by atoms with Crippen molar-refractivity contribution < 1.29 is 0 Å². The number of rotatable bonds is 4. The Labute approximate surface area is 123 Å². The Hall–Kier alpha value is -0.860. The molecule has 0 N–H and O–H groups in total. The third-order valence-corrected chi connectivity index (χ3v) is 4.70. The van der Waals surface area contributed by atoms with Gasteiger partial charge in [0.1, 0.15) is 0 Å². The van der Waals surface area contributed by atoms with Crippen LogP contribution in [-0.2, 0) is 13.1 Å². The fraction of sp³-hybridized carbons (Fsp3) is 0.667. The summed E-state index contributed by atoms with van der Waals surface area (Å²) < 4.78 is 0. The largest absolute Gasteiger partial charge is 0.299 e. The van der Waals surface area contributed by atoms with E-state index in [9.17, 15) is 0 Å². The van der Waals surface area contributed by atoms with Gasteiger partial charge in [0.05, 0.1) is 0 Å². The maximum absolute atomic E-state index is 2.61. The van der Waals surface area contributed by atoms with Gasteiger partial charge >= 0.3 is 0 Å². The molecule has 0 saturated carbocycles. The highest BCUT2D eigenvalue weighted by atomic mass is 15.1. The minimum atomic E-state index is 1.15. The molecule has 3 rings (SSSR count). The van der Waals surface area contributed by atoms with Gasteiger partial charge in [-0.2, -0.15) is 0 Å². The van der Waals surface area contributed by atoms with Crippen LogP contribution in [0.15, 0.2) is 24.3 Å². The van der Waals surface area contributed by atoms with Crippen LogP contribution in [0.1, 0.15) is 49.7 Å². The van der Waals surface area contributed by atoms with Crippen LogP contribution >= 0.6 is 0 Å². The molecular formula is C18H28N2. The van der Waals surface area contributed by atoms with Crippen molar-refractivity contribution in [2.75, 3.05) is 26.2 Å². The second-order valence-corrected chi connectivity index (χ2v) is 6.49. The van der Waals surface area contributed by atoms with Crippen LogP contribution < -0.4 is 0 Å². The van der Waals surface area contributed by atoms with E-state index < -0.39 is 0 Å². The highest BCUT2D eigenvalue weighted by molar-refractivity contribution is 5.23. The van der Waals surface area contributed by atoms with Crippen molar-refractivity contribution in [3.8, 4) is 0 Å². The molecule has 0 unspecified atom stereocenters. The molecule has 2 fully saturated rings. The smallest absolute Gasteiger partial charge is 0.0233 e. The van der Waals surface area contributed by atoms with Gasteiger partial charge in [0.15, 0.2) is 0 Å². The predicted molar refractivity (Wildman–Crippen MR) is 84.7 cm³/mol. The summed E-state index contributed by atoms with van der Waals surface area (Å²) in [4.78, 5) is 5.23. The number of benzene rings is 1. The number of hydrogen-bond donors (Lipinski definition) is 0. The van der Waals surface area contributed by atoms with Crippen LogP contribution in [-0.4, -0.2) is 36.0 Å². The Morgan fingerprint density at radius 3 is 1.55 bits per heavy atom. The maximum atomic E-state index is 2.61. The molecular weight excluding hydrogens is 244 g/mol. The number of likely N-dealkylation sites (tertiary alicyclic amines) is 2. The topological polar surface area (TPSA) is 6.48 Å². The van der Waals surface area contributed by atoms with Crippen LogP contribution in [0.3, 0.4) is 0 Å². The van der Waals surface area contributed by atoms with E-state index in [1.807, 2.05) is 0 Å². The fourth-order valence-corrected chi connectivity index (χ4v) is 3.58. The lowest BCUT2D eigenvalue weighted by atomic mass is 10.1. The Bertz CT molecular complexity index is 368. The first-order valence-corrected chi connectivity index (χ1v) is 8.43. The first-order valence-electron chi connectivity index (χ1n) is 8.43. The molecule has 2 heterocycles. The summed E-state index contributed by atoms with van der Waals surface area (Å²) in [5, 5.41) is 0. The average Bonchev–Trinajstić information content (AvgIpc) is 2.50. The molecule has 0 radical (unpaired) electrons. The molecule has 2 heteroatoms. The van der Waals surface area contributed by atoms with Gasteiger partial charge in [0, 0.05) is 13.1 Å². The van der Waals surface area contributed by atoms with Crippen molar-refractivity contribution in [3.63, 3.8) is 0 Å². The highest BCUT2D eigenvalue weighted by Crippen LogP contribution is 2.16. The first kappa shape index (κ1) is 14.1. The summed E-state index contributed by atoms with van der Waals surface area (Å²) in [6, 6.07) is 9.28. The third kappa shape index (κ3) is 4.07. The Balaban J connectivity index is 1.57. The van der Waals surface area contributed by atoms with Gasteiger partial charge in [-0.05, 0) is 63.0 Å². The molecule has 0 aliphatic carbocycles. The number of piperidine rings is 2. The SMILES string of the molecule is c1cc(CN2CCCCC2)cc(CN2CCCCC2)c1. The lowest BCUT2D eigenvalue weighted by Crippen LogP contribution is -2.30. The second kappa shape index (κ2) is 7.24. The molecule has 2 nitrogen and oxygen atoms in total. The summed E-state index contributed by atoms with van der Waals surface area (Å²) in [6.07, 6.45) is 8.37. The van der Waals surface area contributed by atoms with Gasteiger partial charge in [0.25, 0.3) is 0 Å². The number of hydrogen-bond acceptors (Lipinski definition) is 2. The minimum Gasteiger partial charge on any atom is -0.299 e. The summed E-state index contributed by atoms with van der Waals surface area (Å²) in [6.45, 7) is 7.45. The fourth-order valence-electron chi connectivity index (χ4n) is 3.58. The number of nitrogens with zero attached hydrogens (tertiary/aromatic N) is 2. The Kier molecular flexibility index (Phi) is 5.10. The van der Waals surface area contributed by atoms with Crippen LogP contribution in [0.5, 0.6) is 0 Å². The van der Waals surface area contributed by atoms with Gasteiger partial charge in [-0.25, -0.2) is 0 Å². The lowest BCUT2D eigenvalue weighted by Gasteiger charge is -2.28. The van der Waals surface area contributed by atoms with Crippen molar-refractivity contribution in [3.05, 3.63) is 35.4 Å². The van der Waals surface area contributed by atoms with E-state index in [4.69, 9.17) is 0 Å². The van der Waals surface area contributed by atoms with Crippen LogP contribution in [0.4, 0.5) is 0 Å². The second-order valence-electron chi connectivity index (χ2n) is 6.49. The molecule has 0 aromatic heterocycles. The van der Waals surface area contributed by atoms with E-state index in [0.29, 0.717) is 0 Å². The van der Waals surface area contributed by atoms with E-state index in [-0.39, 0.29) is 0 Å². The van der Waals surface area contributed by atoms with Crippen molar-refractivity contribution in [1.82, 2.24) is 9.80 Å². The zero-order valence-corrected chi connectivity index (χ0v) is 12.7. The summed E-state index contributed by atoms with van der Waals surface area (Å²) in [5.41, 5.74) is 3.00. The molecule has 110 valence electrons. The summed E-state index contributed by atoms with van der Waals surface area (Å²) in [5.74, 6) is 0. The lowest BCUT2D eigenvalue weighted by molar-refractivity contribution is 0.217. The first-order chi connectivity index (χ1) is 9.90. The molecule has 2 saturated heterocycles. The van der Waals surface area contributed by atoms with Gasteiger partial charge in [0.2, 0.25) is 0 Å². The van der Waals surface area contributed by atoms with E-state index >= 15 is 0 Å². The van der Waals surface area contributed by atoms with Crippen molar-refractivity contribution in [1.29, 1.82) is 0 Å². The third-order valence-electron chi connectivity index (χ3n) is 4.70. The highest BCUT2D eigenvalue weighted by Gasteiger charge is 2.12. The zero-order chi connectivity index (χ0) is 13.6. The van der Waals surface area contributed by atoms with E-state index in [1.165, 1.54) is 75.8 Å². The monoisotopic (exact) mass is 272 g/mol. The molecule has 1 aromatic carbocycles. The summed E-state index contributed by atoms with van der Waals surface area (Å²) in [7, 11) is 0. The molecule has 0 amide bonds. The molecule has 1 aromatic rings. The molecule has 0 spiro atoms. The predicted octanol–water partition coefficient (Wildman–Crippen LogP) is 3.66. The van der Waals surface area contributed by atoms with E-state index in [2.05, 4.69) is 34.1 Å². The Morgan fingerprint density at radius 1 is 0.650 bits per heavy atom. The molecule has 2 aliphatic heterocycles. The van der Waals surface area contributed by atoms with E-state index in [1.54, 1.807) is 0 Å². The maximum Gasteiger partial charge on any atom is 0.0233 e.